The van der Waals surface area contributed by atoms with Gasteiger partial charge in [0, 0.05) is 5.69 Å². The molecule has 0 spiro atoms. The number of rotatable bonds is 5. The first-order valence-corrected chi connectivity index (χ1v) is 5.45. The van der Waals surface area contributed by atoms with Crippen molar-refractivity contribution in [3.05, 3.63) is 30.2 Å². The summed E-state index contributed by atoms with van der Waals surface area (Å²) >= 11 is 0. The van der Waals surface area contributed by atoms with E-state index < -0.39 is 6.61 Å². The molecule has 0 amide bonds. The van der Waals surface area contributed by atoms with Crippen molar-refractivity contribution in [2.75, 3.05) is 5.32 Å². The van der Waals surface area contributed by atoms with Gasteiger partial charge in [-0.05, 0) is 31.2 Å². The molecular weight excluding hydrogens is 258 g/mol. The number of alkyl halides is 2. The number of nitrogens with zero attached hydrogens (tertiary/aromatic N) is 2. The summed E-state index contributed by atoms with van der Waals surface area (Å²) in [6.07, 6.45) is 0. The SMILES string of the molecule is CC(N)c1nnc(Nc2ccc(OC(F)F)cc2)o1. The predicted octanol–water partition coefficient (Wildman–Crippen LogP) is 2.43. The third-order valence-corrected chi connectivity index (χ3v) is 2.16. The molecule has 2 aromatic rings. The molecular formula is C11H12F2N4O2. The van der Waals surface area contributed by atoms with Gasteiger partial charge in [0.1, 0.15) is 5.75 Å². The lowest BCUT2D eigenvalue weighted by Gasteiger charge is -2.05. The Morgan fingerprint density at radius 1 is 1.26 bits per heavy atom. The highest BCUT2D eigenvalue weighted by molar-refractivity contribution is 5.53. The molecule has 0 saturated heterocycles. The Bertz CT molecular complexity index is 528. The van der Waals surface area contributed by atoms with E-state index in [-0.39, 0.29) is 17.8 Å². The number of nitrogens with two attached hydrogens (primary N) is 1. The zero-order valence-corrected chi connectivity index (χ0v) is 10.0. The summed E-state index contributed by atoms with van der Waals surface area (Å²) in [5.41, 5.74) is 6.17. The molecule has 3 N–H and O–H groups in total. The van der Waals surface area contributed by atoms with E-state index in [4.69, 9.17) is 10.2 Å². The van der Waals surface area contributed by atoms with E-state index in [1.54, 1.807) is 19.1 Å². The first-order valence-electron chi connectivity index (χ1n) is 5.45. The molecule has 1 heterocycles. The van der Waals surface area contributed by atoms with Gasteiger partial charge in [-0.2, -0.15) is 8.78 Å². The van der Waals surface area contributed by atoms with Crippen LogP contribution >= 0.6 is 0 Å². The molecule has 0 aliphatic heterocycles. The molecule has 0 fully saturated rings. The Labute approximate surface area is 107 Å². The second-order valence-electron chi connectivity index (χ2n) is 3.76. The van der Waals surface area contributed by atoms with Crippen LogP contribution < -0.4 is 15.8 Å². The van der Waals surface area contributed by atoms with E-state index >= 15 is 0 Å². The number of hydrogen-bond donors (Lipinski definition) is 2. The van der Waals surface area contributed by atoms with Gasteiger partial charge in [-0.15, -0.1) is 5.10 Å². The average molecular weight is 270 g/mol. The largest absolute Gasteiger partial charge is 0.435 e. The van der Waals surface area contributed by atoms with Gasteiger partial charge in [0.2, 0.25) is 5.89 Å². The molecule has 0 aliphatic rings. The fourth-order valence-corrected chi connectivity index (χ4v) is 1.31. The quantitative estimate of drug-likeness (QED) is 0.867. The lowest BCUT2D eigenvalue weighted by atomic mass is 10.3. The third kappa shape index (κ3) is 3.62. The van der Waals surface area contributed by atoms with Gasteiger partial charge in [-0.25, -0.2) is 0 Å². The van der Waals surface area contributed by atoms with Crippen LogP contribution in [-0.4, -0.2) is 16.8 Å². The van der Waals surface area contributed by atoms with Crippen molar-refractivity contribution < 1.29 is 17.9 Å². The summed E-state index contributed by atoms with van der Waals surface area (Å²) < 4.78 is 33.4. The van der Waals surface area contributed by atoms with E-state index in [2.05, 4.69) is 20.3 Å². The molecule has 0 bridgehead atoms. The number of halogens is 2. The molecule has 0 aliphatic carbocycles. The van der Waals surface area contributed by atoms with Gasteiger partial charge in [0.25, 0.3) is 0 Å². The molecule has 8 heteroatoms. The van der Waals surface area contributed by atoms with Crippen LogP contribution in [0.4, 0.5) is 20.5 Å². The molecule has 2 rings (SSSR count). The van der Waals surface area contributed by atoms with Crippen molar-refractivity contribution in [1.29, 1.82) is 0 Å². The molecule has 19 heavy (non-hydrogen) atoms. The van der Waals surface area contributed by atoms with E-state index in [9.17, 15) is 8.78 Å². The van der Waals surface area contributed by atoms with Crippen molar-refractivity contribution >= 4 is 11.7 Å². The van der Waals surface area contributed by atoms with E-state index in [0.717, 1.165) is 0 Å². The summed E-state index contributed by atoms with van der Waals surface area (Å²) in [7, 11) is 0. The Hall–Kier alpha value is -2.22. The van der Waals surface area contributed by atoms with Gasteiger partial charge in [-0.1, -0.05) is 5.10 Å². The maximum atomic E-state index is 12.0. The Balaban J connectivity index is 2.02. The monoisotopic (exact) mass is 270 g/mol. The fourth-order valence-electron chi connectivity index (χ4n) is 1.31. The second kappa shape index (κ2) is 5.61. The zero-order valence-electron chi connectivity index (χ0n) is 10.0. The van der Waals surface area contributed by atoms with Crippen molar-refractivity contribution in [2.45, 2.75) is 19.6 Å². The minimum Gasteiger partial charge on any atom is -0.435 e. The van der Waals surface area contributed by atoms with Gasteiger partial charge in [-0.3, -0.25) is 0 Å². The summed E-state index contributed by atoms with van der Waals surface area (Å²) in [6, 6.07) is 5.72. The van der Waals surface area contributed by atoms with Gasteiger partial charge in [0.05, 0.1) is 6.04 Å². The van der Waals surface area contributed by atoms with Gasteiger partial charge >= 0.3 is 12.6 Å². The second-order valence-corrected chi connectivity index (χ2v) is 3.76. The number of aromatic nitrogens is 2. The molecule has 0 radical (unpaired) electrons. The van der Waals surface area contributed by atoms with Crippen LogP contribution in [0.5, 0.6) is 5.75 Å². The number of ether oxygens (including phenoxy) is 1. The van der Waals surface area contributed by atoms with Crippen LogP contribution in [0, 0.1) is 0 Å². The first kappa shape index (κ1) is 13.2. The average Bonchev–Trinajstić information content (AvgIpc) is 2.80. The summed E-state index contributed by atoms with van der Waals surface area (Å²) in [4.78, 5) is 0. The third-order valence-electron chi connectivity index (χ3n) is 2.16. The van der Waals surface area contributed by atoms with Crippen molar-refractivity contribution in [2.24, 2.45) is 5.73 Å². The maximum absolute atomic E-state index is 12.0. The van der Waals surface area contributed by atoms with Crippen LogP contribution in [-0.2, 0) is 0 Å². The van der Waals surface area contributed by atoms with E-state index in [0.29, 0.717) is 11.6 Å². The van der Waals surface area contributed by atoms with Crippen LogP contribution in [0.2, 0.25) is 0 Å². The topological polar surface area (TPSA) is 86.2 Å². The molecule has 1 unspecified atom stereocenters. The van der Waals surface area contributed by atoms with Crippen LogP contribution in [0.1, 0.15) is 18.9 Å². The number of anilines is 2. The molecule has 1 aromatic heterocycles. The lowest BCUT2D eigenvalue weighted by molar-refractivity contribution is -0.0498. The number of hydrogen-bond acceptors (Lipinski definition) is 6. The van der Waals surface area contributed by atoms with Crippen LogP contribution in [0.3, 0.4) is 0 Å². The van der Waals surface area contributed by atoms with E-state index in [1.165, 1.54) is 12.1 Å². The molecule has 0 saturated carbocycles. The Morgan fingerprint density at radius 2 is 1.95 bits per heavy atom. The summed E-state index contributed by atoms with van der Waals surface area (Å²) in [5, 5.41) is 10.3. The summed E-state index contributed by atoms with van der Waals surface area (Å²) in [5.74, 6) is 0.377. The molecule has 6 nitrogen and oxygen atoms in total. The normalized spacial score (nSPS) is 12.5. The highest BCUT2D eigenvalue weighted by Crippen LogP contribution is 2.21. The molecule has 1 atom stereocenters. The smallest absolute Gasteiger partial charge is 0.387 e. The maximum Gasteiger partial charge on any atom is 0.387 e. The minimum absolute atomic E-state index is 0.0716. The minimum atomic E-state index is -2.84. The van der Waals surface area contributed by atoms with Crippen LogP contribution in [0.15, 0.2) is 28.7 Å². The van der Waals surface area contributed by atoms with Crippen molar-refractivity contribution in [3.8, 4) is 5.75 Å². The highest BCUT2D eigenvalue weighted by Gasteiger charge is 2.10. The summed E-state index contributed by atoms with van der Waals surface area (Å²) in [6.45, 7) is -1.13. The standard InChI is InChI=1S/C11H12F2N4O2/c1-6(14)9-16-17-11(19-9)15-7-2-4-8(5-3-7)18-10(12)13/h2-6,10H,14H2,1H3,(H,15,17). The molecule has 102 valence electrons. The van der Waals surface area contributed by atoms with Gasteiger partial charge in [0.15, 0.2) is 0 Å². The van der Waals surface area contributed by atoms with Crippen molar-refractivity contribution in [1.82, 2.24) is 10.2 Å². The van der Waals surface area contributed by atoms with Crippen molar-refractivity contribution in [3.63, 3.8) is 0 Å². The molecule has 1 aromatic carbocycles. The lowest BCUT2D eigenvalue weighted by Crippen LogP contribution is -2.04. The fraction of sp³-hybridized carbons (Fsp3) is 0.273. The van der Waals surface area contributed by atoms with E-state index in [1.807, 2.05) is 0 Å². The Morgan fingerprint density at radius 3 is 2.47 bits per heavy atom. The number of benzene rings is 1. The van der Waals surface area contributed by atoms with Gasteiger partial charge < -0.3 is 20.2 Å². The van der Waals surface area contributed by atoms with Crippen LogP contribution in [0.25, 0.3) is 0 Å². The Kier molecular flexibility index (Phi) is 3.91. The zero-order chi connectivity index (χ0) is 13.8. The predicted molar refractivity (Wildman–Crippen MR) is 63.3 cm³/mol. The highest BCUT2D eigenvalue weighted by atomic mass is 19.3. The number of nitrogens with one attached hydrogen (secondary N) is 1. The first-order chi connectivity index (χ1) is 9.04.